The zero-order chi connectivity index (χ0) is 23.1. The number of thioether (sulfide) groups is 1. The molecule has 1 N–H and O–H groups in total. The fourth-order valence-electron chi connectivity index (χ4n) is 4.99. The lowest BCUT2D eigenvalue weighted by Crippen LogP contribution is -2.44. The van der Waals surface area contributed by atoms with E-state index in [1.807, 2.05) is 20.8 Å². The van der Waals surface area contributed by atoms with Crippen LogP contribution in [0.4, 0.5) is 23.7 Å². The van der Waals surface area contributed by atoms with E-state index in [0.29, 0.717) is 42.8 Å². The quantitative estimate of drug-likeness (QED) is 0.521. The van der Waals surface area contributed by atoms with Gasteiger partial charge in [0.1, 0.15) is 5.60 Å². The van der Waals surface area contributed by atoms with Crippen molar-refractivity contribution in [2.24, 2.45) is 5.92 Å². The third-order valence-corrected chi connectivity index (χ3v) is 8.17. The minimum Gasteiger partial charge on any atom is -0.444 e. The van der Waals surface area contributed by atoms with Crippen LogP contribution in [0.5, 0.6) is 0 Å². The molecule has 1 aromatic carbocycles. The summed E-state index contributed by atoms with van der Waals surface area (Å²) in [5, 5.41) is 3.87. The zero-order valence-electron chi connectivity index (χ0n) is 19.1. The summed E-state index contributed by atoms with van der Waals surface area (Å²) < 4.78 is 46.3. The first-order valence-corrected chi connectivity index (χ1v) is 12.5. The van der Waals surface area contributed by atoms with Gasteiger partial charge in [0.2, 0.25) is 0 Å². The van der Waals surface area contributed by atoms with Crippen molar-refractivity contribution in [2.45, 2.75) is 93.7 Å². The molecule has 2 fully saturated rings. The van der Waals surface area contributed by atoms with Gasteiger partial charge in [-0.2, -0.15) is 13.2 Å². The summed E-state index contributed by atoms with van der Waals surface area (Å²) in [6.07, 6.45) is 2.16. The third-order valence-electron chi connectivity index (χ3n) is 6.63. The highest BCUT2D eigenvalue weighted by atomic mass is 32.2. The van der Waals surface area contributed by atoms with Crippen LogP contribution >= 0.6 is 11.8 Å². The molecule has 0 aromatic heterocycles. The summed E-state index contributed by atoms with van der Waals surface area (Å²) in [5.41, 5.74) is 0.548. The van der Waals surface area contributed by atoms with E-state index in [4.69, 9.17) is 4.74 Å². The van der Waals surface area contributed by atoms with Gasteiger partial charge in [0.05, 0.1) is 5.56 Å². The molecular formula is C24H33F3N2O2S. The number of benzene rings is 1. The molecule has 178 valence electrons. The second-order valence-electron chi connectivity index (χ2n) is 10.3. The summed E-state index contributed by atoms with van der Waals surface area (Å²) in [5.74, 6) is 0.549. The number of amides is 1. The number of anilines is 1. The molecule has 4 rings (SSSR count). The Labute approximate surface area is 192 Å². The van der Waals surface area contributed by atoms with E-state index >= 15 is 0 Å². The standard InChI is InChI=1S/C24H33F3N2O2S/c1-23(2,3)31-22(30)29-10-8-17(9-11-29)28-19-13-16(24(25,26)27)14-21-18(19)12-15-6-4-5-7-20(15)32-21/h13-15,17,20,28H,4-12H2,1-3H3. The van der Waals surface area contributed by atoms with Gasteiger partial charge >= 0.3 is 12.3 Å². The molecule has 1 aliphatic carbocycles. The molecule has 0 bridgehead atoms. The fraction of sp³-hybridized carbons (Fsp3) is 0.708. The van der Waals surface area contributed by atoms with Gasteiger partial charge in [0.15, 0.2) is 0 Å². The Morgan fingerprint density at radius 2 is 1.78 bits per heavy atom. The maximum absolute atomic E-state index is 13.6. The summed E-state index contributed by atoms with van der Waals surface area (Å²) in [6, 6.07) is 2.68. The van der Waals surface area contributed by atoms with Crippen molar-refractivity contribution in [3.63, 3.8) is 0 Å². The van der Waals surface area contributed by atoms with Gasteiger partial charge in [-0.15, -0.1) is 11.8 Å². The third kappa shape index (κ3) is 5.49. The van der Waals surface area contributed by atoms with E-state index in [-0.39, 0.29) is 12.1 Å². The fourth-order valence-corrected chi connectivity index (χ4v) is 6.56. The number of ether oxygens (including phenoxy) is 1. The largest absolute Gasteiger partial charge is 0.444 e. The van der Waals surface area contributed by atoms with Crippen LogP contribution in [-0.2, 0) is 17.3 Å². The van der Waals surface area contributed by atoms with Crippen molar-refractivity contribution in [3.8, 4) is 0 Å². The lowest BCUT2D eigenvalue weighted by atomic mass is 9.83. The number of hydrogen-bond donors (Lipinski definition) is 1. The molecule has 4 nitrogen and oxygen atoms in total. The zero-order valence-corrected chi connectivity index (χ0v) is 19.9. The van der Waals surface area contributed by atoms with Gasteiger partial charge in [-0.05, 0) is 76.5 Å². The van der Waals surface area contributed by atoms with E-state index < -0.39 is 17.3 Å². The molecule has 1 saturated carbocycles. The molecule has 2 unspecified atom stereocenters. The molecule has 1 saturated heterocycles. The number of rotatable bonds is 2. The highest BCUT2D eigenvalue weighted by Crippen LogP contribution is 2.49. The average Bonchev–Trinajstić information content (AvgIpc) is 2.71. The molecule has 0 radical (unpaired) electrons. The molecule has 1 aromatic rings. The molecular weight excluding hydrogens is 437 g/mol. The average molecular weight is 471 g/mol. The molecule has 1 amide bonds. The first kappa shape index (κ1) is 23.6. The van der Waals surface area contributed by atoms with Crippen molar-refractivity contribution in [3.05, 3.63) is 23.3 Å². The van der Waals surface area contributed by atoms with Crippen LogP contribution in [-0.4, -0.2) is 41.0 Å². The second-order valence-corrected chi connectivity index (χ2v) is 11.6. The molecule has 2 heterocycles. The summed E-state index contributed by atoms with van der Waals surface area (Å²) in [6.45, 7) is 6.58. The summed E-state index contributed by atoms with van der Waals surface area (Å²) in [7, 11) is 0. The number of nitrogens with zero attached hydrogens (tertiary/aromatic N) is 1. The van der Waals surface area contributed by atoms with E-state index in [1.54, 1.807) is 16.7 Å². The number of nitrogens with one attached hydrogen (secondary N) is 1. The lowest BCUT2D eigenvalue weighted by Gasteiger charge is -2.38. The Hall–Kier alpha value is -1.57. The second kappa shape index (κ2) is 8.99. The minimum atomic E-state index is -4.37. The Bertz CT molecular complexity index is 845. The predicted octanol–water partition coefficient (Wildman–Crippen LogP) is 6.72. The normalized spacial score (nSPS) is 24.5. The van der Waals surface area contributed by atoms with Gasteiger partial charge in [-0.1, -0.05) is 12.8 Å². The van der Waals surface area contributed by atoms with Gasteiger partial charge in [-0.25, -0.2) is 4.79 Å². The first-order valence-electron chi connectivity index (χ1n) is 11.6. The van der Waals surface area contributed by atoms with Crippen LogP contribution in [0, 0.1) is 5.92 Å². The Kier molecular flexibility index (Phi) is 6.63. The summed E-state index contributed by atoms with van der Waals surface area (Å²) >= 11 is 1.65. The van der Waals surface area contributed by atoms with E-state index in [9.17, 15) is 18.0 Å². The number of likely N-dealkylation sites (tertiary alicyclic amines) is 1. The Balaban J connectivity index is 1.49. The van der Waals surface area contributed by atoms with Crippen molar-refractivity contribution in [2.75, 3.05) is 18.4 Å². The lowest BCUT2D eigenvalue weighted by molar-refractivity contribution is -0.137. The van der Waals surface area contributed by atoms with Crippen LogP contribution in [0.1, 0.15) is 70.4 Å². The van der Waals surface area contributed by atoms with Crippen LogP contribution in [0.15, 0.2) is 17.0 Å². The SMILES string of the molecule is CC(C)(C)OC(=O)N1CCC(Nc2cc(C(F)(F)F)cc3c2CC2CCCCC2S3)CC1. The van der Waals surface area contributed by atoms with Crippen molar-refractivity contribution < 1.29 is 22.7 Å². The summed E-state index contributed by atoms with van der Waals surface area (Å²) in [4.78, 5) is 14.8. The first-order chi connectivity index (χ1) is 15.0. The van der Waals surface area contributed by atoms with Gasteiger partial charge in [0.25, 0.3) is 0 Å². The van der Waals surface area contributed by atoms with E-state index in [2.05, 4.69) is 5.32 Å². The van der Waals surface area contributed by atoms with Crippen molar-refractivity contribution in [1.82, 2.24) is 4.90 Å². The number of piperidine rings is 1. The highest BCUT2D eigenvalue weighted by molar-refractivity contribution is 8.00. The maximum Gasteiger partial charge on any atom is 0.416 e. The number of alkyl halides is 3. The number of halogens is 3. The van der Waals surface area contributed by atoms with Crippen molar-refractivity contribution in [1.29, 1.82) is 0 Å². The number of carbonyl (C=O) groups excluding carboxylic acids is 1. The van der Waals surface area contributed by atoms with E-state index in [0.717, 1.165) is 29.7 Å². The molecule has 3 aliphatic rings. The smallest absolute Gasteiger partial charge is 0.416 e. The molecule has 32 heavy (non-hydrogen) atoms. The van der Waals surface area contributed by atoms with Crippen LogP contribution in [0.2, 0.25) is 0 Å². The van der Waals surface area contributed by atoms with Crippen molar-refractivity contribution >= 4 is 23.5 Å². The molecule has 0 spiro atoms. The van der Waals surface area contributed by atoms with Gasteiger partial charge < -0.3 is 15.0 Å². The molecule has 8 heteroatoms. The van der Waals surface area contributed by atoms with Gasteiger partial charge in [-0.3, -0.25) is 0 Å². The van der Waals surface area contributed by atoms with Crippen LogP contribution in [0.3, 0.4) is 0 Å². The Morgan fingerprint density at radius 3 is 2.44 bits per heavy atom. The van der Waals surface area contributed by atoms with Gasteiger partial charge in [0, 0.05) is 35.0 Å². The minimum absolute atomic E-state index is 0.0374. The highest BCUT2D eigenvalue weighted by Gasteiger charge is 2.37. The topological polar surface area (TPSA) is 41.6 Å². The maximum atomic E-state index is 13.6. The van der Waals surface area contributed by atoms with E-state index in [1.165, 1.54) is 25.0 Å². The Morgan fingerprint density at radius 1 is 1.09 bits per heavy atom. The molecule has 2 atom stereocenters. The number of hydrogen-bond acceptors (Lipinski definition) is 4. The monoisotopic (exact) mass is 470 g/mol. The predicted molar refractivity (Wildman–Crippen MR) is 121 cm³/mol. The number of fused-ring (bicyclic) bond motifs is 2. The van der Waals surface area contributed by atoms with Crippen LogP contribution < -0.4 is 5.32 Å². The number of carbonyl (C=O) groups is 1. The molecule has 2 aliphatic heterocycles. The van der Waals surface area contributed by atoms with Crippen LogP contribution in [0.25, 0.3) is 0 Å².